The molecule has 0 saturated carbocycles. The molecule has 1 N–H and O–H groups in total. The molecule has 6 nitrogen and oxygen atoms in total. The van der Waals surface area contributed by atoms with Gasteiger partial charge in [-0.25, -0.2) is 4.98 Å². The molecule has 1 heterocycles. The largest absolute Gasteiger partial charge is 0.493 e. The molecule has 0 atom stereocenters. The van der Waals surface area contributed by atoms with Gasteiger partial charge < -0.3 is 9.47 Å². The van der Waals surface area contributed by atoms with Crippen molar-refractivity contribution in [3.05, 3.63) is 40.9 Å². The van der Waals surface area contributed by atoms with Crippen LogP contribution in [0.4, 0.5) is 5.13 Å². The van der Waals surface area contributed by atoms with Crippen molar-refractivity contribution >= 4 is 28.5 Å². The third-order valence-corrected chi connectivity index (χ3v) is 3.63. The normalized spacial score (nSPS) is 10.3. The Labute approximate surface area is 138 Å². The molecule has 0 aliphatic heterocycles. The molecule has 0 unspecified atom stereocenters. The highest BCUT2D eigenvalue weighted by Crippen LogP contribution is 2.28. The van der Waals surface area contributed by atoms with Crippen LogP contribution < -0.4 is 14.8 Å². The lowest BCUT2D eigenvalue weighted by Gasteiger charge is -2.08. The van der Waals surface area contributed by atoms with Gasteiger partial charge in [0.1, 0.15) is 6.07 Å². The minimum Gasteiger partial charge on any atom is -0.493 e. The van der Waals surface area contributed by atoms with Gasteiger partial charge in [0.05, 0.1) is 12.8 Å². The van der Waals surface area contributed by atoms with Crippen molar-refractivity contribution < 1.29 is 14.3 Å². The van der Waals surface area contributed by atoms with Crippen LogP contribution in [-0.4, -0.2) is 24.6 Å². The highest BCUT2D eigenvalue weighted by atomic mass is 32.1. The summed E-state index contributed by atoms with van der Waals surface area (Å²) in [4.78, 5) is 16.0. The Bertz CT molecular complexity index is 762. The molecule has 0 spiro atoms. The van der Waals surface area contributed by atoms with Crippen LogP contribution in [0.25, 0.3) is 6.08 Å². The van der Waals surface area contributed by atoms with Crippen LogP contribution >= 0.6 is 11.3 Å². The van der Waals surface area contributed by atoms with E-state index in [1.54, 1.807) is 24.3 Å². The van der Waals surface area contributed by atoms with E-state index in [9.17, 15) is 4.79 Å². The van der Waals surface area contributed by atoms with Gasteiger partial charge in [0.15, 0.2) is 23.2 Å². The van der Waals surface area contributed by atoms with E-state index in [4.69, 9.17) is 14.7 Å². The maximum Gasteiger partial charge on any atom is 0.250 e. The van der Waals surface area contributed by atoms with Crippen molar-refractivity contribution in [1.82, 2.24) is 4.98 Å². The maximum atomic E-state index is 11.8. The molecule has 1 aromatic heterocycles. The Morgan fingerprint density at radius 2 is 2.30 bits per heavy atom. The van der Waals surface area contributed by atoms with Crippen molar-refractivity contribution in [2.75, 3.05) is 19.0 Å². The number of thiazole rings is 1. The van der Waals surface area contributed by atoms with E-state index >= 15 is 0 Å². The Balaban J connectivity index is 2.04. The number of methoxy groups -OCH3 is 1. The number of aromatic nitrogens is 1. The van der Waals surface area contributed by atoms with E-state index < -0.39 is 0 Å². The number of aryl methyl sites for hydroxylation is 1. The third kappa shape index (κ3) is 4.83. The number of rotatable bonds is 6. The second-order valence-electron chi connectivity index (χ2n) is 4.47. The smallest absolute Gasteiger partial charge is 0.250 e. The Morgan fingerprint density at radius 3 is 2.96 bits per heavy atom. The SMILES string of the molecule is COc1cc(C=CC(=O)Nc2nc(C)cs2)ccc1OCC#N. The summed E-state index contributed by atoms with van der Waals surface area (Å²) in [5.41, 5.74) is 1.64. The number of carbonyl (C=O) groups excluding carboxylic acids is 1. The highest BCUT2D eigenvalue weighted by Gasteiger charge is 2.05. The number of anilines is 1. The average Bonchev–Trinajstić information content (AvgIpc) is 2.96. The first-order valence-electron chi connectivity index (χ1n) is 6.71. The molecule has 0 aliphatic rings. The van der Waals surface area contributed by atoms with Crippen molar-refractivity contribution in [3.8, 4) is 17.6 Å². The zero-order valence-corrected chi connectivity index (χ0v) is 13.5. The van der Waals surface area contributed by atoms with Gasteiger partial charge in [-0.1, -0.05) is 6.07 Å². The number of carbonyl (C=O) groups is 1. The molecule has 0 saturated heterocycles. The fraction of sp³-hybridized carbons (Fsp3) is 0.188. The fourth-order valence-electron chi connectivity index (χ4n) is 1.75. The van der Waals surface area contributed by atoms with Crippen LogP contribution in [0.5, 0.6) is 11.5 Å². The van der Waals surface area contributed by atoms with Gasteiger partial charge in [0, 0.05) is 11.5 Å². The van der Waals surface area contributed by atoms with Crippen LogP contribution in [0.2, 0.25) is 0 Å². The molecule has 1 amide bonds. The van der Waals surface area contributed by atoms with E-state index in [-0.39, 0.29) is 12.5 Å². The summed E-state index contributed by atoms with van der Waals surface area (Å²) in [7, 11) is 1.51. The van der Waals surface area contributed by atoms with Gasteiger partial charge in [0.2, 0.25) is 5.91 Å². The standard InChI is InChI=1S/C16H15N3O3S/c1-11-10-23-16(18-11)19-15(20)6-4-12-3-5-13(22-8-7-17)14(9-12)21-2/h3-6,9-10H,8H2,1-2H3,(H,18,19,20). The summed E-state index contributed by atoms with van der Waals surface area (Å²) in [6.45, 7) is 1.81. The Morgan fingerprint density at radius 1 is 1.48 bits per heavy atom. The summed E-state index contributed by atoms with van der Waals surface area (Å²) in [5, 5.41) is 13.7. The number of amides is 1. The highest BCUT2D eigenvalue weighted by molar-refractivity contribution is 7.13. The molecule has 23 heavy (non-hydrogen) atoms. The molecule has 7 heteroatoms. The zero-order chi connectivity index (χ0) is 16.7. The van der Waals surface area contributed by atoms with Crippen LogP contribution in [0.1, 0.15) is 11.3 Å². The molecule has 0 radical (unpaired) electrons. The number of nitriles is 1. The minimum absolute atomic E-state index is 0.0544. The quantitative estimate of drug-likeness (QED) is 0.824. The van der Waals surface area contributed by atoms with Gasteiger partial charge >= 0.3 is 0 Å². The number of nitrogens with one attached hydrogen (secondary N) is 1. The van der Waals surface area contributed by atoms with Gasteiger partial charge in [0.25, 0.3) is 0 Å². The first-order chi connectivity index (χ1) is 11.1. The van der Waals surface area contributed by atoms with Crippen molar-refractivity contribution in [2.24, 2.45) is 0 Å². The van der Waals surface area contributed by atoms with Crippen molar-refractivity contribution in [1.29, 1.82) is 5.26 Å². The lowest BCUT2D eigenvalue weighted by molar-refractivity contribution is -0.111. The van der Waals surface area contributed by atoms with Crippen molar-refractivity contribution in [3.63, 3.8) is 0 Å². The molecule has 2 rings (SSSR count). The van der Waals surface area contributed by atoms with Gasteiger partial charge in [-0.05, 0) is 30.7 Å². The molecule has 118 valence electrons. The summed E-state index contributed by atoms with van der Waals surface area (Å²) >= 11 is 1.38. The van der Waals surface area contributed by atoms with E-state index in [1.165, 1.54) is 24.5 Å². The monoisotopic (exact) mass is 329 g/mol. The second kappa shape index (κ2) is 7.96. The van der Waals surface area contributed by atoms with Gasteiger partial charge in [-0.3, -0.25) is 10.1 Å². The van der Waals surface area contributed by atoms with Crippen LogP contribution in [0.15, 0.2) is 29.7 Å². The molecule has 2 aromatic rings. The Hall–Kier alpha value is -2.85. The molecule has 1 aromatic carbocycles. The molecule has 0 fully saturated rings. The number of benzene rings is 1. The fourth-order valence-corrected chi connectivity index (χ4v) is 2.44. The number of hydrogen-bond donors (Lipinski definition) is 1. The van der Waals surface area contributed by atoms with Crippen LogP contribution in [0, 0.1) is 18.3 Å². The van der Waals surface area contributed by atoms with Gasteiger partial charge in [-0.15, -0.1) is 11.3 Å². The van der Waals surface area contributed by atoms with E-state index in [2.05, 4.69) is 10.3 Å². The average molecular weight is 329 g/mol. The lowest BCUT2D eigenvalue weighted by atomic mass is 10.2. The van der Waals surface area contributed by atoms with E-state index in [1.807, 2.05) is 18.4 Å². The first-order valence-corrected chi connectivity index (χ1v) is 7.59. The Kier molecular flexibility index (Phi) is 5.72. The lowest BCUT2D eigenvalue weighted by Crippen LogP contribution is -2.07. The molecule has 0 bridgehead atoms. The maximum absolute atomic E-state index is 11.8. The van der Waals surface area contributed by atoms with E-state index in [0.29, 0.717) is 16.6 Å². The van der Waals surface area contributed by atoms with Crippen LogP contribution in [-0.2, 0) is 4.79 Å². The predicted molar refractivity (Wildman–Crippen MR) is 88.6 cm³/mol. The summed E-state index contributed by atoms with van der Waals surface area (Å²) in [5.74, 6) is 0.718. The summed E-state index contributed by atoms with van der Waals surface area (Å²) in [6, 6.07) is 7.09. The van der Waals surface area contributed by atoms with Gasteiger partial charge in [-0.2, -0.15) is 5.26 Å². The summed E-state index contributed by atoms with van der Waals surface area (Å²) in [6.07, 6.45) is 3.08. The number of ether oxygens (including phenoxy) is 2. The third-order valence-electron chi connectivity index (χ3n) is 2.76. The minimum atomic E-state index is -0.261. The van der Waals surface area contributed by atoms with E-state index in [0.717, 1.165) is 11.3 Å². The molecular weight excluding hydrogens is 314 g/mol. The van der Waals surface area contributed by atoms with Crippen molar-refractivity contribution in [2.45, 2.75) is 6.92 Å². The number of hydrogen-bond acceptors (Lipinski definition) is 6. The summed E-state index contributed by atoms with van der Waals surface area (Å²) < 4.78 is 10.5. The first kappa shape index (κ1) is 16.5. The molecular formula is C16H15N3O3S. The number of nitrogens with zero attached hydrogens (tertiary/aromatic N) is 2. The topological polar surface area (TPSA) is 84.2 Å². The second-order valence-corrected chi connectivity index (χ2v) is 5.33. The predicted octanol–water partition coefficient (Wildman–Crippen LogP) is 3.01. The zero-order valence-electron chi connectivity index (χ0n) is 12.7. The van der Waals surface area contributed by atoms with Crippen LogP contribution in [0.3, 0.4) is 0 Å². The molecule has 0 aliphatic carbocycles.